The number of carbonyl (C=O) groups excluding carboxylic acids is 1. The van der Waals surface area contributed by atoms with Crippen LogP contribution >= 0.6 is 11.6 Å². The maximum absolute atomic E-state index is 11.1. The molecule has 1 aromatic heterocycles. The van der Waals surface area contributed by atoms with Crippen molar-refractivity contribution in [3.63, 3.8) is 0 Å². The molecule has 0 aliphatic carbocycles. The van der Waals surface area contributed by atoms with E-state index in [9.17, 15) is 4.79 Å². The Bertz CT molecular complexity index is 557. The average molecular weight is 264 g/mol. The molecule has 0 saturated heterocycles. The lowest BCUT2D eigenvalue weighted by atomic mass is 10.1. The number of aromatic nitrogens is 1. The minimum Gasteiger partial charge on any atom is -0.347 e. The van der Waals surface area contributed by atoms with Crippen LogP contribution in [0.25, 0.3) is 10.9 Å². The highest BCUT2D eigenvalue weighted by molar-refractivity contribution is 6.31. The summed E-state index contributed by atoms with van der Waals surface area (Å²) >= 11 is 6.03. The molecule has 18 heavy (non-hydrogen) atoms. The molecule has 0 amide bonds. The summed E-state index contributed by atoms with van der Waals surface area (Å²) < 4.78 is 2.13. The maximum Gasteiger partial charge on any atom is 0.152 e. The Balaban J connectivity index is 2.31. The van der Waals surface area contributed by atoms with Gasteiger partial charge >= 0.3 is 0 Å². The van der Waals surface area contributed by atoms with Crippen molar-refractivity contribution in [3.05, 3.63) is 35.0 Å². The zero-order valence-corrected chi connectivity index (χ0v) is 11.6. The van der Waals surface area contributed by atoms with Gasteiger partial charge in [0.25, 0.3) is 0 Å². The van der Waals surface area contributed by atoms with E-state index < -0.39 is 0 Å². The number of benzene rings is 1. The first kappa shape index (κ1) is 13.2. The second-order valence-corrected chi connectivity index (χ2v) is 5.53. The first-order valence-corrected chi connectivity index (χ1v) is 6.73. The molecular weight excluding hydrogens is 246 g/mol. The van der Waals surface area contributed by atoms with E-state index in [-0.39, 0.29) is 0 Å². The predicted octanol–water partition coefficient (Wildman–Crippen LogP) is 4.54. The van der Waals surface area contributed by atoms with E-state index in [1.165, 1.54) is 6.42 Å². The van der Waals surface area contributed by atoms with E-state index in [0.717, 1.165) is 35.7 Å². The van der Waals surface area contributed by atoms with Crippen molar-refractivity contribution in [2.45, 2.75) is 33.2 Å². The number of halogens is 1. The highest BCUT2D eigenvalue weighted by atomic mass is 35.5. The van der Waals surface area contributed by atoms with Crippen molar-refractivity contribution in [2.75, 3.05) is 0 Å². The molecular formula is C15H18ClNO. The number of hydrogen-bond donors (Lipinski definition) is 0. The molecule has 2 aromatic rings. The summed E-state index contributed by atoms with van der Waals surface area (Å²) in [7, 11) is 0. The van der Waals surface area contributed by atoms with Gasteiger partial charge in [-0.2, -0.15) is 0 Å². The van der Waals surface area contributed by atoms with Gasteiger partial charge in [-0.3, -0.25) is 4.79 Å². The number of hydrogen-bond acceptors (Lipinski definition) is 1. The molecule has 0 saturated carbocycles. The van der Waals surface area contributed by atoms with Crippen LogP contribution in [0.3, 0.4) is 0 Å². The highest BCUT2D eigenvalue weighted by Crippen LogP contribution is 2.24. The molecule has 96 valence electrons. The summed E-state index contributed by atoms with van der Waals surface area (Å²) in [6.07, 6.45) is 5.15. The minimum absolute atomic E-state index is 0.709. The number of aryl methyl sites for hydroxylation is 1. The highest BCUT2D eigenvalue weighted by Gasteiger charge is 2.08. The fourth-order valence-electron chi connectivity index (χ4n) is 2.24. The van der Waals surface area contributed by atoms with E-state index in [4.69, 9.17) is 11.6 Å². The van der Waals surface area contributed by atoms with Crippen LogP contribution in [-0.2, 0) is 6.54 Å². The van der Waals surface area contributed by atoms with Crippen LogP contribution in [-0.4, -0.2) is 10.9 Å². The normalized spacial score (nSPS) is 11.3. The van der Waals surface area contributed by atoms with Gasteiger partial charge in [0.15, 0.2) is 6.29 Å². The summed E-state index contributed by atoms with van der Waals surface area (Å²) in [5.41, 5.74) is 1.79. The summed E-state index contributed by atoms with van der Waals surface area (Å²) in [6.45, 7) is 5.38. The van der Waals surface area contributed by atoms with Crippen LogP contribution < -0.4 is 0 Å². The molecule has 0 atom stereocenters. The number of fused-ring (bicyclic) bond motifs is 1. The Hall–Kier alpha value is -1.28. The molecule has 0 bridgehead atoms. The zero-order chi connectivity index (χ0) is 13.1. The maximum atomic E-state index is 11.1. The van der Waals surface area contributed by atoms with Crippen molar-refractivity contribution in [3.8, 4) is 0 Å². The molecule has 0 aliphatic heterocycles. The smallest absolute Gasteiger partial charge is 0.152 e. The molecule has 3 heteroatoms. The Morgan fingerprint density at radius 2 is 2.17 bits per heavy atom. The fraction of sp³-hybridized carbons (Fsp3) is 0.400. The van der Waals surface area contributed by atoms with Gasteiger partial charge in [0.05, 0.1) is 5.52 Å². The Labute approximate surface area is 113 Å². The number of carbonyl (C=O) groups is 1. The van der Waals surface area contributed by atoms with Gasteiger partial charge in [-0.15, -0.1) is 0 Å². The topological polar surface area (TPSA) is 22.0 Å². The van der Waals surface area contributed by atoms with Gasteiger partial charge in [0, 0.05) is 28.7 Å². The third kappa shape index (κ3) is 2.75. The molecule has 0 unspecified atom stereocenters. The van der Waals surface area contributed by atoms with E-state index >= 15 is 0 Å². The van der Waals surface area contributed by atoms with Crippen LogP contribution in [0, 0.1) is 5.92 Å². The van der Waals surface area contributed by atoms with Gasteiger partial charge in [0.2, 0.25) is 0 Å². The molecule has 0 N–H and O–H groups in total. The lowest BCUT2D eigenvalue weighted by molar-refractivity contribution is 0.112. The summed E-state index contributed by atoms with van der Waals surface area (Å²) in [5, 5.41) is 1.70. The summed E-state index contributed by atoms with van der Waals surface area (Å²) in [5.74, 6) is 0.709. The molecule has 0 aliphatic rings. The fourth-order valence-corrected chi connectivity index (χ4v) is 2.41. The molecule has 0 fully saturated rings. The van der Waals surface area contributed by atoms with E-state index in [0.29, 0.717) is 10.9 Å². The second kappa shape index (κ2) is 5.57. The van der Waals surface area contributed by atoms with E-state index in [1.807, 2.05) is 24.4 Å². The largest absolute Gasteiger partial charge is 0.347 e. The van der Waals surface area contributed by atoms with Crippen molar-refractivity contribution in [1.82, 2.24) is 4.57 Å². The molecule has 1 aromatic carbocycles. The number of rotatable bonds is 5. The quantitative estimate of drug-likeness (QED) is 0.726. The third-order valence-corrected chi connectivity index (χ3v) is 3.42. The molecule has 0 spiro atoms. The van der Waals surface area contributed by atoms with Crippen molar-refractivity contribution < 1.29 is 4.79 Å². The first-order chi connectivity index (χ1) is 8.61. The van der Waals surface area contributed by atoms with Gasteiger partial charge < -0.3 is 4.57 Å². The van der Waals surface area contributed by atoms with Gasteiger partial charge in [-0.25, -0.2) is 0 Å². The predicted molar refractivity (Wildman–Crippen MR) is 76.4 cm³/mol. The van der Waals surface area contributed by atoms with Gasteiger partial charge in [-0.05, 0) is 30.9 Å². The van der Waals surface area contributed by atoms with Crippen LogP contribution in [0.1, 0.15) is 37.0 Å². The first-order valence-electron chi connectivity index (χ1n) is 6.35. The number of aldehydes is 1. The molecule has 2 rings (SSSR count). The van der Waals surface area contributed by atoms with E-state index in [1.54, 1.807) is 0 Å². The van der Waals surface area contributed by atoms with Crippen molar-refractivity contribution >= 4 is 28.8 Å². The van der Waals surface area contributed by atoms with Gasteiger partial charge in [0.1, 0.15) is 0 Å². The lowest BCUT2D eigenvalue weighted by Crippen LogP contribution is -1.98. The summed E-state index contributed by atoms with van der Waals surface area (Å²) in [6, 6.07) is 5.68. The second-order valence-electron chi connectivity index (χ2n) is 5.09. The summed E-state index contributed by atoms with van der Waals surface area (Å²) in [4.78, 5) is 11.1. The van der Waals surface area contributed by atoms with Gasteiger partial charge in [-0.1, -0.05) is 31.5 Å². The van der Waals surface area contributed by atoms with Crippen LogP contribution in [0.15, 0.2) is 24.4 Å². The minimum atomic E-state index is 0.709. The lowest BCUT2D eigenvalue weighted by Gasteiger charge is -2.07. The Morgan fingerprint density at radius 3 is 2.83 bits per heavy atom. The van der Waals surface area contributed by atoms with Crippen molar-refractivity contribution in [1.29, 1.82) is 0 Å². The zero-order valence-electron chi connectivity index (χ0n) is 10.8. The third-order valence-electron chi connectivity index (χ3n) is 3.18. The van der Waals surface area contributed by atoms with Crippen LogP contribution in [0.2, 0.25) is 5.02 Å². The van der Waals surface area contributed by atoms with Crippen LogP contribution in [0.5, 0.6) is 0 Å². The Morgan fingerprint density at radius 1 is 1.39 bits per heavy atom. The molecule has 1 heterocycles. The molecule has 2 nitrogen and oxygen atoms in total. The number of nitrogens with zero attached hydrogens (tertiary/aromatic N) is 1. The monoisotopic (exact) mass is 263 g/mol. The SMILES string of the molecule is CC(C)CCCn1cc(C=O)c2ccc(Cl)cc21. The molecule has 0 radical (unpaired) electrons. The average Bonchev–Trinajstić information content (AvgIpc) is 2.66. The van der Waals surface area contributed by atoms with Crippen molar-refractivity contribution in [2.24, 2.45) is 5.92 Å². The van der Waals surface area contributed by atoms with E-state index in [2.05, 4.69) is 18.4 Å². The Kier molecular flexibility index (Phi) is 4.07. The standard InChI is InChI=1S/C15H18ClNO/c1-11(2)4-3-7-17-9-12(10-18)14-6-5-13(16)8-15(14)17/h5-6,8-11H,3-4,7H2,1-2H3. The van der Waals surface area contributed by atoms with Crippen LogP contribution in [0.4, 0.5) is 0 Å².